The molecule has 1 aliphatic heterocycles. The average Bonchev–Trinajstić information content (AvgIpc) is 3.77. The molecular formula is C35H31F6N7OS. The van der Waals surface area contributed by atoms with Crippen LogP contribution in [0.25, 0.3) is 21.8 Å². The molecule has 0 saturated carbocycles. The lowest BCUT2D eigenvalue weighted by Gasteiger charge is -2.25. The van der Waals surface area contributed by atoms with Crippen LogP contribution in [0.3, 0.4) is 0 Å². The van der Waals surface area contributed by atoms with Crippen LogP contribution in [0.5, 0.6) is 0 Å². The maximum atomic E-state index is 15.0. The third-order valence-corrected chi connectivity index (χ3v) is 9.07. The van der Waals surface area contributed by atoms with Gasteiger partial charge in [-0.15, -0.1) is 0 Å². The van der Waals surface area contributed by atoms with E-state index < -0.39 is 35.1 Å². The highest BCUT2D eigenvalue weighted by Gasteiger charge is 2.45. The highest BCUT2D eigenvalue weighted by atomic mass is 32.1. The molecule has 15 heteroatoms. The second-order valence-electron chi connectivity index (χ2n) is 11.5. The van der Waals surface area contributed by atoms with Crippen molar-refractivity contribution in [2.75, 3.05) is 41.7 Å². The number of anilines is 5. The second kappa shape index (κ2) is 14.8. The van der Waals surface area contributed by atoms with Crippen molar-refractivity contribution in [1.29, 1.82) is 0 Å². The number of benzene rings is 3. The number of amides is 1. The van der Waals surface area contributed by atoms with E-state index in [0.717, 1.165) is 56.7 Å². The van der Waals surface area contributed by atoms with Crippen LogP contribution in [0.15, 0.2) is 72.9 Å². The average molecular weight is 712 g/mol. The molecule has 3 heterocycles. The Morgan fingerprint density at radius 1 is 0.940 bits per heavy atom. The molecule has 6 rings (SSSR count). The van der Waals surface area contributed by atoms with E-state index >= 15 is 4.39 Å². The lowest BCUT2D eigenvalue weighted by atomic mass is 10.1. The summed E-state index contributed by atoms with van der Waals surface area (Å²) in [5.74, 6) is -5.38. The zero-order chi connectivity index (χ0) is 35.4. The van der Waals surface area contributed by atoms with Gasteiger partial charge in [-0.05, 0) is 87.3 Å². The van der Waals surface area contributed by atoms with Gasteiger partial charge in [0.25, 0.3) is 0 Å². The largest absolute Gasteiger partial charge is 0.472 e. The quantitative estimate of drug-likeness (QED) is 0.133. The molecular weight excluding hydrogens is 680 g/mol. The first-order chi connectivity index (χ1) is 24.0. The number of carbonyl (C=O) groups is 1. The molecule has 260 valence electrons. The summed E-state index contributed by atoms with van der Waals surface area (Å²) in [6.07, 6.45) is -1.04. The Morgan fingerprint density at radius 2 is 1.68 bits per heavy atom. The van der Waals surface area contributed by atoms with Gasteiger partial charge in [-0.25, -0.2) is 28.1 Å². The van der Waals surface area contributed by atoms with Crippen LogP contribution in [-0.2, 0) is 11.2 Å². The number of hydrogen-bond acceptors (Lipinski definition) is 8. The van der Waals surface area contributed by atoms with Gasteiger partial charge in [-0.1, -0.05) is 35.6 Å². The summed E-state index contributed by atoms with van der Waals surface area (Å²) in [7, 11) is 0. The van der Waals surface area contributed by atoms with E-state index in [9.17, 15) is 26.7 Å². The number of alkyl halides is 3. The van der Waals surface area contributed by atoms with E-state index in [0.29, 0.717) is 39.9 Å². The highest BCUT2D eigenvalue weighted by Crippen LogP contribution is 2.41. The van der Waals surface area contributed by atoms with Crippen LogP contribution in [0.1, 0.15) is 25.3 Å². The first-order valence-corrected chi connectivity index (χ1v) is 16.6. The molecule has 0 aliphatic carbocycles. The highest BCUT2D eigenvalue weighted by molar-refractivity contribution is 7.19. The molecule has 0 radical (unpaired) electrons. The summed E-state index contributed by atoms with van der Waals surface area (Å²) in [6.45, 7) is 5.21. The predicted octanol–water partition coefficient (Wildman–Crippen LogP) is 8.73. The van der Waals surface area contributed by atoms with E-state index in [2.05, 4.69) is 30.5 Å². The van der Waals surface area contributed by atoms with Crippen LogP contribution in [0.4, 0.5) is 54.5 Å². The van der Waals surface area contributed by atoms with E-state index in [1.54, 1.807) is 24.3 Å². The van der Waals surface area contributed by atoms with Gasteiger partial charge in [-0.3, -0.25) is 9.69 Å². The number of thiazole rings is 1. The molecule has 0 atom stereocenters. The van der Waals surface area contributed by atoms with Crippen molar-refractivity contribution in [3.05, 3.63) is 95.9 Å². The second-order valence-corrected chi connectivity index (χ2v) is 12.5. The van der Waals surface area contributed by atoms with Crippen molar-refractivity contribution in [3.63, 3.8) is 0 Å². The fourth-order valence-electron chi connectivity index (χ4n) is 5.67. The third kappa shape index (κ3) is 7.73. The number of nitrogens with one attached hydrogen (secondary N) is 2. The van der Waals surface area contributed by atoms with Crippen molar-refractivity contribution in [1.82, 2.24) is 19.9 Å². The minimum Gasteiger partial charge on any atom is -0.362 e. The van der Waals surface area contributed by atoms with Crippen LogP contribution in [0, 0.1) is 17.5 Å². The standard InChI is InChI=1S/C35H31F6N7OS/c1-2-42-34-46-29(22-7-5-8-24(19-22)48(32(49)35(39,40)41)30-25(36)9-6-10-26(30)37)31(50-34)28-13-15-43-33(45-28)44-23-12-11-21(27(38)20-23)14-18-47-16-3-4-17-47/h5-13,15,19-20H,2-4,14,16-18H2,1H3,(H,42,46)(H,43,44,45). The molecule has 2 N–H and O–H groups in total. The molecule has 1 aliphatic rings. The number of para-hydroxylation sites is 1. The summed E-state index contributed by atoms with van der Waals surface area (Å²) < 4.78 is 85.9. The summed E-state index contributed by atoms with van der Waals surface area (Å²) >= 11 is 1.21. The van der Waals surface area contributed by atoms with Crippen LogP contribution in [-0.4, -0.2) is 58.1 Å². The lowest BCUT2D eigenvalue weighted by molar-refractivity contribution is -0.169. The number of carbonyl (C=O) groups excluding carboxylic acids is 1. The predicted molar refractivity (Wildman–Crippen MR) is 181 cm³/mol. The Kier molecular flexibility index (Phi) is 10.3. The molecule has 5 aromatic rings. The van der Waals surface area contributed by atoms with E-state index in [4.69, 9.17) is 0 Å². The minimum atomic E-state index is -5.45. The Hall–Kier alpha value is -5.02. The summed E-state index contributed by atoms with van der Waals surface area (Å²) in [5, 5.41) is 6.60. The zero-order valence-electron chi connectivity index (χ0n) is 26.7. The molecule has 2 aromatic heterocycles. The van der Waals surface area contributed by atoms with Crippen LogP contribution >= 0.6 is 11.3 Å². The van der Waals surface area contributed by atoms with Gasteiger partial charge in [-0.2, -0.15) is 13.2 Å². The molecule has 50 heavy (non-hydrogen) atoms. The topological polar surface area (TPSA) is 86.3 Å². The fourth-order valence-corrected chi connectivity index (χ4v) is 6.70. The van der Waals surface area contributed by atoms with E-state index in [1.807, 2.05) is 6.92 Å². The van der Waals surface area contributed by atoms with E-state index in [-0.39, 0.29) is 27.9 Å². The van der Waals surface area contributed by atoms with E-state index in [1.165, 1.54) is 35.7 Å². The van der Waals surface area contributed by atoms with Gasteiger partial charge in [0.05, 0.1) is 22.0 Å². The van der Waals surface area contributed by atoms with Gasteiger partial charge in [0.1, 0.15) is 23.1 Å². The van der Waals surface area contributed by atoms with Gasteiger partial charge in [0, 0.05) is 30.5 Å². The number of nitrogens with zero attached hydrogens (tertiary/aromatic N) is 5. The first-order valence-electron chi connectivity index (χ1n) is 15.8. The third-order valence-electron chi connectivity index (χ3n) is 8.03. The molecule has 0 spiro atoms. The van der Waals surface area contributed by atoms with Crippen molar-refractivity contribution in [2.24, 2.45) is 0 Å². The Morgan fingerprint density at radius 3 is 2.38 bits per heavy atom. The molecule has 1 fully saturated rings. The molecule has 0 bridgehead atoms. The Balaban J connectivity index is 1.33. The van der Waals surface area contributed by atoms with Crippen LogP contribution in [0.2, 0.25) is 0 Å². The molecule has 1 amide bonds. The molecule has 3 aromatic carbocycles. The molecule has 1 saturated heterocycles. The lowest BCUT2D eigenvalue weighted by Crippen LogP contribution is -2.39. The Bertz CT molecular complexity index is 1980. The maximum Gasteiger partial charge on any atom is 0.472 e. The maximum absolute atomic E-state index is 15.0. The molecule has 8 nitrogen and oxygen atoms in total. The summed E-state index contributed by atoms with van der Waals surface area (Å²) in [6, 6.07) is 14.2. The zero-order valence-corrected chi connectivity index (χ0v) is 27.5. The normalized spacial score (nSPS) is 13.4. The van der Waals surface area contributed by atoms with Gasteiger partial charge >= 0.3 is 12.1 Å². The van der Waals surface area contributed by atoms with Gasteiger partial charge in [0.2, 0.25) is 5.95 Å². The van der Waals surface area contributed by atoms with Crippen molar-refractivity contribution in [2.45, 2.75) is 32.4 Å². The number of halogens is 6. The summed E-state index contributed by atoms with van der Waals surface area (Å²) in [5.41, 5.74) is 0.349. The van der Waals surface area contributed by atoms with Crippen molar-refractivity contribution >= 4 is 45.4 Å². The smallest absolute Gasteiger partial charge is 0.362 e. The van der Waals surface area contributed by atoms with Gasteiger partial charge in [0.15, 0.2) is 5.13 Å². The first kappa shape index (κ1) is 34.8. The number of aromatic nitrogens is 3. The SMILES string of the molecule is CCNc1nc(-c2cccc(N(C(=O)C(F)(F)F)c3c(F)cccc3F)c2)c(-c2ccnc(Nc3ccc(CCN4CCCC4)c(F)c3)n2)s1. The number of likely N-dealkylation sites (tertiary alicyclic amines) is 1. The minimum absolute atomic E-state index is 0.0328. The van der Waals surface area contributed by atoms with Crippen LogP contribution < -0.4 is 15.5 Å². The van der Waals surface area contributed by atoms with Crippen molar-refractivity contribution in [3.8, 4) is 21.8 Å². The fraction of sp³-hybridized carbons (Fsp3) is 0.257. The number of hydrogen-bond donors (Lipinski definition) is 2. The van der Waals surface area contributed by atoms with Crippen molar-refractivity contribution < 1.29 is 31.1 Å². The Labute approximate surface area is 287 Å². The monoisotopic (exact) mass is 711 g/mol. The number of rotatable bonds is 11. The van der Waals surface area contributed by atoms with Gasteiger partial charge < -0.3 is 15.5 Å². The summed E-state index contributed by atoms with van der Waals surface area (Å²) in [4.78, 5) is 28.9. The molecule has 0 unspecified atom stereocenters.